The van der Waals surface area contributed by atoms with Gasteiger partial charge in [0.1, 0.15) is 5.75 Å². The highest BCUT2D eigenvalue weighted by Crippen LogP contribution is 2.56. The number of anilines is 1. The molecule has 182 valence electrons. The van der Waals surface area contributed by atoms with Crippen molar-refractivity contribution in [2.75, 3.05) is 4.90 Å². The van der Waals surface area contributed by atoms with Gasteiger partial charge < -0.3 is 9.64 Å². The van der Waals surface area contributed by atoms with E-state index in [1.54, 1.807) is 0 Å². The van der Waals surface area contributed by atoms with Crippen LogP contribution in [0.15, 0.2) is 107 Å². The summed E-state index contributed by atoms with van der Waals surface area (Å²) in [5.74, 6) is 0.555. The van der Waals surface area contributed by atoms with Crippen molar-refractivity contribution in [3.05, 3.63) is 129 Å². The number of para-hydroxylation sites is 1. The number of fused-ring (bicyclic) bond motifs is 6. The van der Waals surface area contributed by atoms with Crippen LogP contribution in [0.4, 0.5) is 5.69 Å². The minimum Gasteiger partial charge on any atom is -0.453 e. The summed E-state index contributed by atoms with van der Waals surface area (Å²) in [6.45, 7) is 0.446. The Labute approximate surface area is 228 Å². The number of carbonyl (C=O) groups excluding carboxylic acids is 1. The Kier molecular flexibility index (Phi) is 5.17. The molecule has 0 N–H and O–H groups in total. The summed E-state index contributed by atoms with van der Waals surface area (Å²) in [4.78, 5) is 16.3. The van der Waals surface area contributed by atoms with Crippen LogP contribution in [0, 0.1) is 0 Å². The Morgan fingerprint density at radius 1 is 0.973 bits per heavy atom. The van der Waals surface area contributed by atoms with Crippen LogP contribution in [-0.4, -0.2) is 16.6 Å². The van der Waals surface area contributed by atoms with E-state index in [1.807, 2.05) is 101 Å². The molecule has 0 aromatic heterocycles. The molecule has 0 saturated heterocycles. The summed E-state index contributed by atoms with van der Waals surface area (Å²) in [6.07, 6.45) is 0.643. The van der Waals surface area contributed by atoms with Crippen molar-refractivity contribution in [3.8, 4) is 5.75 Å². The monoisotopic (exact) mass is 569 g/mol. The molecule has 3 aliphatic heterocycles. The van der Waals surface area contributed by atoms with Gasteiger partial charge in [0.25, 0.3) is 5.91 Å². The SMILES string of the molecule is O=C1N(Cc2ccccc2)c2ccccc2[C@@]12Oc1ccc(Br)cc1[C@H]1CC(c3ccc(Cl)cc3)=NN12. The number of hydrogen-bond acceptors (Lipinski definition) is 4. The van der Waals surface area contributed by atoms with Crippen LogP contribution in [0.5, 0.6) is 5.75 Å². The van der Waals surface area contributed by atoms with Crippen LogP contribution in [0.2, 0.25) is 5.02 Å². The van der Waals surface area contributed by atoms with Gasteiger partial charge in [0.2, 0.25) is 0 Å². The van der Waals surface area contributed by atoms with Gasteiger partial charge in [0.05, 0.1) is 29.5 Å². The highest BCUT2D eigenvalue weighted by molar-refractivity contribution is 9.10. The molecule has 2 atom stereocenters. The normalized spacial score (nSPS) is 21.4. The number of hydrazone groups is 1. The number of ether oxygens (including phenoxy) is 1. The van der Waals surface area contributed by atoms with E-state index in [9.17, 15) is 4.79 Å². The van der Waals surface area contributed by atoms with E-state index >= 15 is 0 Å². The van der Waals surface area contributed by atoms with E-state index in [2.05, 4.69) is 22.0 Å². The van der Waals surface area contributed by atoms with Gasteiger partial charge in [-0.05, 0) is 47.5 Å². The summed E-state index contributed by atoms with van der Waals surface area (Å²) in [5, 5.41) is 7.64. The first-order valence-corrected chi connectivity index (χ1v) is 13.3. The number of nitrogens with zero attached hydrogens (tertiary/aromatic N) is 3. The molecule has 0 fully saturated rings. The molecule has 4 aromatic rings. The standard InChI is InChI=1S/C30H21BrClN3O2/c31-21-12-15-28-23(16-21)27-17-25(20-10-13-22(32)14-11-20)33-35(27)30(37-28)24-8-4-5-9-26(24)34(29(30)36)18-19-6-2-1-3-7-19/h1-16,27H,17-18H2/t27-,30-/m1/s1. The topological polar surface area (TPSA) is 45.1 Å². The second-order valence-corrected chi connectivity index (χ2v) is 10.8. The molecule has 0 radical (unpaired) electrons. The van der Waals surface area contributed by atoms with Crippen LogP contribution < -0.4 is 9.64 Å². The Balaban J connectivity index is 1.41. The molecule has 7 heteroatoms. The minimum atomic E-state index is -1.40. The summed E-state index contributed by atoms with van der Waals surface area (Å²) in [7, 11) is 0. The number of amides is 1. The second-order valence-electron chi connectivity index (χ2n) is 9.44. The van der Waals surface area contributed by atoms with Crippen molar-refractivity contribution in [1.29, 1.82) is 0 Å². The molecule has 1 spiro atoms. The van der Waals surface area contributed by atoms with Crippen LogP contribution in [0.3, 0.4) is 0 Å². The molecule has 5 nitrogen and oxygen atoms in total. The highest BCUT2D eigenvalue weighted by atomic mass is 79.9. The molecule has 3 aliphatic rings. The first kappa shape index (κ1) is 22.6. The molecule has 0 unspecified atom stereocenters. The predicted molar refractivity (Wildman–Crippen MR) is 148 cm³/mol. The van der Waals surface area contributed by atoms with Gasteiger partial charge >= 0.3 is 5.72 Å². The molecule has 1 amide bonds. The lowest BCUT2D eigenvalue weighted by Gasteiger charge is -2.44. The highest BCUT2D eigenvalue weighted by Gasteiger charge is 2.63. The Hall–Kier alpha value is -3.61. The molecule has 7 rings (SSSR count). The average Bonchev–Trinajstić information content (AvgIpc) is 3.46. The lowest BCUT2D eigenvalue weighted by molar-refractivity contribution is -0.164. The van der Waals surface area contributed by atoms with Crippen LogP contribution >= 0.6 is 27.5 Å². The molecular formula is C30H21BrClN3O2. The molecule has 0 saturated carbocycles. The van der Waals surface area contributed by atoms with Crippen molar-refractivity contribution in [1.82, 2.24) is 5.01 Å². The molecule has 0 bridgehead atoms. The molecule has 37 heavy (non-hydrogen) atoms. The first-order chi connectivity index (χ1) is 18.0. The summed E-state index contributed by atoms with van der Waals surface area (Å²) < 4.78 is 7.70. The summed E-state index contributed by atoms with van der Waals surface area (Å²) >= 11 is 9.77. The number of hydrogen-bond donors (Lipinski definition) is 0. The van der Waals surface area contributed by atoms with Crippen molar-refractivity contribution in [2.24, 2.45) is 5.10 Å². The third kappa shape index (κ3) is 3.43. The molecule has 3 heterocycles. The number of carbonyl (C=O) groups is 1. The fourth-order valence-electron chi connectivity index (χ4n) is 5.58. The maximum Gasteiger partial charge on any atom is 0.306 e. The summed E-state index contributed by atoms with van der Waals surface area (Å²) in [6, 6.07) is 31.4. The van der Waals surface area contributed by atoms with Gasteiger partial charge in [-0.3, -0.25) is 4.79 Å². The Morgan fingerprint density at radius 2 is 1.73 bits per heavy atom. The van der Waals surface area contributed by atoms with Gasteiger partial charge in [0, 0.05) is 21.5 Å². The van der Waals surface area contributed by atoms with Crippen LogP contribution in [-0.2, 0) is 17.1 Å². The first-order valence-electron chi connectivity index (χ1n) is 12.1. The van der Waals surface area contributed by atoms with Crippen LogP contribution in [0.25, 0.3) is 0 Å². The predicted octanol–water partition coefficient (Wildman–Crippen LogP) is 7.05. The van der Waals surface area contributed by atoms with Crippen molar-refractivity contribution in [2.45, 2.75) is 24.7 Å². The number of benzene rings is 4. The number of halogens is 2. The lowest BCUT2D eigenvalue weighted by Crippen LogP contribution is -2.57. The molecule has 0 aliphatic carbocycles. The fraction of sp³-hybridized carbons (Fsp3) is 0.133. The zero-order valence-electron chi connectivity index (χ0n) is 19.6. The van der Waals surface area contributed by atoms with E-state index in [4.69, 9.17) is 21.4 Å². The largest absolute Gasteiger partial charge is 0.453 e. The average molecular weight is 571 g/mol. The van der Waals surface area contributed by atoms with Gasteiger partial charge in [-0.1, -0.05) is 88.2 Å². The van der Waals surface area contributed by atoms with Crippen molar-refractivity contribution >= 4 is 44.8 Å². The fourth-order valence-corrected chi connectivity index (χ4v) is 6.09. The lowest BCUT2D eigenvalue weighted by atomic mass is 9.92. The van der Waals surface area contributed by atoms with Gasteiger partial charge in [-0.15, -0.1) is 0 Å². The van der Waals surface area contributed by atoms with Crippen LogP contribution in [0.1, 0.15) is 34.7 Å². The van der Waals surface area contributed by atoms with E-state index in [0.717, 1.165) is 38.1 Å². The second kappa shape index (κ2) is 8.47. The van der Waals surface area contributed by atoms with Gasteiger partial charge in [0.15, 0.2) is 0 Å². The number of rotatable bonds is 3. The maximum absolute atomic E-state index is 14.5. The zero-order valence-corrected chi connectivity index (χ0v) is 22.0. The van der Waals surface area contributed by atoms with Gasteiger partial charge in [-0.25, -0.2) is 5.01 Å². The smallest absolute Gasteiger partial charge is 0.306 e. The maximum atomic E-state index is 14.5. The zero-order chi connectivity index (χ0) is 25.1. The van der Waals surface area contributed by atoms with Crippen molar-refractivity contribution in [3.63, 3.8) is 0 Å². The molecule has 4 aromatic carbocycles. The van der Waals surface area contributed by atoms with E-state index < -0.39 is 5.72 Å². The van der Waals surface area contributed by atoms with Crippen molar-refractivity contribution < 1.29 is 9.53 Å². The third-order valence-corrected chi connectivity index (χ3v) is 8.02. The van der Waals surface area contributed by atoms with E-state index in [-0.39, 0.29) is 11.9 Å². The Bertz CT molecular complexity index is 1570. The summed E-state index contributed by atoms with van der Waals surface area (Å²) in [5.41, 5.74) is 4.16. The van der Waals surface area contributed by atoms with E-state index in [0.29, 0.717) is 23.7 Å². The van der Waals surface area contributed by atoms with Gasteiger partial charge in [-0.2, -0.15) is 5.10 Å². The Morgan fingerprint density at radius 3 is 2.54 bits per heavy atom. The quantitative estimate of drug-likeness (QED) is 0.265. The third-order valence-electron chi connectivity index (χ3n) is 7.28. The molecular weight excluding hydrogens is 550 g/mol. The van der Waals surface area contributed by atoms with E-state index in [1.165, 1.54) is 0 Å². The minimum absolute atomic E-state index is 0.141.